The van der Waals surface area contributed by atoms with Crippen LogP contribution < -0.4 is 11.1 Å². The summed E-state index contributed by atoms with van der Waals surface area (Å²) in [5, 5.41) is 23.6. The number of nitrogens with one attached hydrogen (secondary N) is 1. The molecule has 0 saturated heterocycles. The van der Waals surface area contributed by atoms with Gasteiger partial charge in [-0.25, -0.2) is 0 Å². The number of thiophene rings is 1. The molecular formula is C14H18N2O2S. The third kappa shape index (κ3) is 3.07. The Bertz CT molecular complexity index is 541. The van der Waals surface area contributed by atoms with Crippen LogP contribution >= 0.6 is 11.3 Å². The van der Waals surface area contributed by atoms with E-state index < -0.39 is 6.10 Å². The van der Waals surface area contributed by atoms with E-state index in [9.17, 15) is 5.11 Å². The number of aliphatic hydroxyl groups is 2. The molecule has 1 atom stereocenters. The second-order valence-electron chi connectivity index (χ2n) is 4.37. The molecule has 19 heavy (non-hydrogen) atoms. The third-order valence-electron chi connectivity index (χ3n) is 2.98. The highest BCUT2D eigenvalue weighted by molar-refractivity contribution is 7.13. The maximum atomic E-state index is 9.57. The van der Waals surface area contributed by atoms with Crippen molar-refractivity contribution < 1.29 is 10.2 Å². The van der Waals surface area contributed by atoms with Crippen molar-refractivity contribution >= 4 is 22.7 Å². The highest BCUT2D eigenvalue weighted by Crippen LogP contribution is 2.36. The highest BCUT2D eigenvalue weighted by atomic mass is 32.1. The molecule has 0 fully saturated rings. The van der Waals surface area contributed by atoms with Crippen LogP contribution in [0.1, 0.15) is 5.56 Å². The first-order chi connectivity index (χ1) is 9.15. The summed E-state index contributed by atoms with van der Waals surface area (Å²) >= 11 is 1.62. The molecule has 2 rings (SSSR count). The largest absolute Gasteiger partial charge is 0.397 e. The molecule has 2 aromatic rings. The van der Waals surface area contributed by atoms with Crippen molar-refractivity contribution in [2.75, 3.05) is 24.7 Å². The molecule has 1 unspecified atom stereocenters. The zero-order valence-electron chi connectivity index (χ0n) is 10.8. The van der Waals surface area contributed by atoms with Crippen LogP contribution in [0.4, 0.5) is 11.4 Å². The van der Waals surface area contributed by atoms with Gasteiger partial charge in [0.25, 0.3) is 0 Å². The Morgan fingerprint density at radius 1 is 1.42 bits per heavy atom. The summed E-state index contributed by atoms with van der Waals surface area (Å²) in [7, 11) is 1.82. The average molecular weight is 278 g/mol. The fourth-order valence-electron chi connectivity index (χ4n) is 2.01. The minimum Gasteiger partial charge on any atom is -0.397 e. The van der Waals surface area contributed by atoms with Gasteiger partial charge in [0, 0.05) is 23.9 Å². The first-order valence-electron chi connectivity index (χ1n) is 6.08. The fraction of sp³-hybridized carbons (Fsp3) is 0.286. The molecule has 0 aliphatic heterocycles. The number of aliphatic hydroxyl groups excluding tert-OH is 2. The van der Waals surface area contributed by atoms with Gasteiger partial charge in [-0.2, -0.15) is 0 Å². The van der Waals surface area contributed by atoms with E-state index in [1.807, 2.05) is 36.7 Å². The van der Waals surface area contributed by atoms with Crippen LogP contribution in [-0.2, 0) is 6.42 Å². The van der Waals surface area contributed by atoms with Gasteiger partial charge < -0.3 is 21.3 Å². The van der Waals surface area contributed by atoms with E-state index in [1.165, 1.54) is 0 Å². The van der Waals surface area contributed by atoms with E-state index in [0.29, 0.717) is 12.1 Å². The maximum Gasteiger partial charge on any atom is 0.0811 e. The summed E-state index contributed by atoms with van der Waals surface area (Å²) in [5.74, 6) is 0. The Labute approximate surface area is 116 Å². The van der Waals surface area contributed by atoms with Crippen molar-refractivity contribution in [3.63, 3.8) is 0 Å². The first-order valence-corrected chi connectivity index (χ1v) is 6.96. The van der Waals surface area contributed by atoms with Crippen LogP contribution in [0.2, 0.25) is 0 Å². The van der Waals surface area contributed by atoms with Crippen LogP contribution in [0.5, 0.6) is 0 Å². The van der Waals surface area contributed by atoms with E-state index in [0.717, 1.165) is 21.7 Å². The summed E-state index contributed by atoms with van der Waals surface area (Å²) in [6.07, 6.45) is -0.339. The van der Waals surface area contributed by atoms with E-state index >= 15 is 0 Å². The second-order valence-corrected chi connectivity index (χ2v) is 5.32. The first kappa shape index (κ1) is 13.9. The lowest BCUT2D eigenvalue weighted by atomic mass is 10.0. The predicted molar refractivity (Wildman–Crippen MR) is 80.5 cm³/mol. The molecule has 0 spiro atoms. The Kier molecular flexibility index (Phi) is 4.42. The normalized spacial score (nSPS) is 12.4. The van der Waals surface area contributed by atoms with E-state index in [4.69, 9.17) is 10.8 Å². The Morgan fingerprint density at radius 2 is 2.21 bits per heavy atom. The highest BCUT2D eigenvalue weighted by Gasteiger charge is 2.12. The van der Waals surface area contributed by atoms with Gasteiger partial charge in [-0.15, -0.1) is 11.3 Å². The maximum absolute atomic E-state index is 9.57. The van der Waals surface area contributed by atoms with Gasteiger partial charge >= 0.3 is 0 Å². The van der Waals surface area contributed by atoms with Crippen LogP contribution in [0.25, 0.3) is 10.4 Å². The Morgan fingerprint density at radius 3 is 2.79 bits per heavy atom. The van der Waals surface area contributed by atoms with Crippen molar-refractivity contribution in [2.24, 2.45) is 0 Å². The molecule has 4 nitrogen and oxygen atoms in total. The molecule has 1 aromatic heterocycles. The minimum atomic E-state index is -0.746. The van der Waals surface area contributed by atoms with Gasteiger partial charge in [-0.3, -0.25) is 0 Å². The van der Waals surface area contributed by atoms with Crippen LogP contribution in [0.3, 0.4) is 0 Å². The lowest BCUT2D eigenvalue weighted by Crippen LogP contribution is -2.15. The van der Waals surface area contributed by atoms with Gasteiger partial charge in [0.1, 0.15) is 0 Å². The van der Waals surface area contributed by atoms with E-state index in [-0.39, 0.29) is 6.61 Å². The third-order valence-corrected chi connectivity index (χ3v) is 3.88. The molecule has 0 amide bonds. The summed E-state index contributed by atoms with van der Waals surface area (Å²) in [6, 6.07) is 7.88. The predicted octanol–water partition coefficient (Wildman–Crippen LogP) is 1.93. The quantitative estimate of drug-likeness (QED) is 0.630. The Hall–Kier alpha value is -1.56. The molecule has 0 aliphatic carbocycles. The molecule has 0 saturated carbocycles. The number of rotatable bonds is 5. The summed E-state index contributed by atoms with van der Waals surface area (Å²) in [4.78, 5) is 1.09. The van der Waals surface area contributed by atoms with Crippen LogP contribution in [0.15, 0.2) is 29.6 Å². The smallest absolute Gasteiger partial charge is 0.0811 e. The van der Waals surface area contributed by atoms with Crippen molar-refractivity contribution in [1.29, 1.82) is 0 Å². The number of hydrogen-bond acceptors (Lipinski definition) is 5. The summed E-state index contributed by atoms with van der Waals surface area (Å²) < 4.78 is 0. The Balaban J connectivity index is 2.44. The molecule has 102 valence electrons. The van der Waals surface area contributed by atoms with Crippen molar-refractivity contribution in [2.45, 2.75) is 12.5 Å². The lowest BCUT2D eigenvalue weighted by Gasteiger charge is -2.14. The SMILES string of the molecule is CNc1cc(CC(O)CO)cc(-c2cccs2)c1N. The second kappa shape index (κ2) is 6.06. The molecule has 5 heteroatoms. The van der Waals surface area contributed by atoms with Crippen molar-refractivity contribution in [3.8, 4) is 10.4 Å². The summed E-state index contributed by atoms with van der Waals surface area (Å²) in [6.45, 7) is -0.242. The summed E-state index contributed by atoms with van der Waals surface area (Å²) in [5.41, 5.74) is 9.60. The number of anilines is 2. The van der Waals surface area contributed by atoms with Gasteiger partial charge in [-0.05, 0) is 29.1 Å². The van der Waals surface area contributed by atoms with Gasteiger partial charge in [0.05, 0.1) is 24.1 Å². The zero-order chi connectivity index (χ0) is 13.8. The average Bonchev–Trinajstić information content (AvgIpc) is 2.94. The van der Waals surface area contributed by atoms with Crippen molar-refractivity contribution in [1.82, 2.24) is 0 Å². The zero-order valence-corrected chi connectivity index (χ0v) is 11.6. The monoisotopic (exact) mass is 278 g/mol. The number of benzene rings is 1. The van der Waals surface area contributed by atoms with Gasteiger partial charge in [-0.1, -0.05) is 6.07 Å². The van der Waals surface area contributed by atoms with Gasteiger partial charge in [0.2, 0.25) is 0 Å². The van der Waals surface area contributed by atoms with Crippen LogP contribution in [0, 0.1) is 0 Å². The van der Waals surface area contributed by atoms with E-state index in [1.54, 1.807) is 11.3 Å². The molecule has 1 aromatic carbocycles. The molecule has 5 N–H and O–H groups in total. The molecule has 0 bridgehead atoms. The fourth-order valence-corrected chi connectivity index (χ4v) is 2.77. The van der Waals surface area contributed by atoms with Crippen LogP contribution in [-0.4, -0.2) is 30.0 Å². The van der Waals surface area contributed by atoms with Crippen molar-refractivity contribution in [3.05, 3.63) is 35.2 Å². The van der Waals surface area contributed by atoms with E-state index in [2.05, 4.69) is 5.32 Å². The molecule has 0 radical (unpaired) electrons. The minimum absolute atomic E-state index is 0.242. The molecule has 0 aliphatic rings. The number of nitrogen functional groups attached to an aromatic ring is 1. The number of nitrogens with two attached hydrogens (primary N) is 1. The molecular weight excluding hydrogens is 260 g/mol. The van der Waals surface area contributed by atoms with Gasteiger partial charge in [0.15, 0.2) is 0 Å². The number of hydrogen-bond donors (Lipinski definition) is 4. The topological polar surface area (TPSA) is 78.5 Å². The molecule has 1 heterocycles. The lowest BCUT2D eigenvalue weighted by molar-refractivity contribution is 0.0955. The standard InChI is InChI=1S/C14H18N2O2S/c1-16-12-7-9(5-10(18)8-17)6-11(14(12)15)13-3-2-4-19-13/h2-4,6-7,10,16-18H,5,8,15H2,1H3.